The summed E-state index contributed by atoms with van der Waals surface area (Å²) in [5.41, 5.74) is 0. The first kappa shape index (κ1) is 50.4. The monoisotopic (exact) mass is 737 g/mol. The minimum atomic E-state index is -0.757. The zero-order valence-electron chi connectivity index (χ0n) is 35.3. The maximum Gasteiger partial charge on any atom is 0.306 e. The third-order valence-corrected chi connectivity index (χ3v) is 10.3. The van der Waals surface area contributed by atoms with Crippen LogP contribution in [0.3, 0.4) is 0 Å². The first-order chi connectivity index (χ1) is 25.4. The van der Waals surface area contributed by atoms with E-state index in [1.807, 2.05) is 0 Å². The molecule has 0 fully saturated rings. The number of hydrogen-bond donors (Lipinski definition) is 0. The van der Waals surface area contributed by atoms with E-state index in [0.717, 1.165) is 70.1 Å². The van der Waals surface area contributed by atoms with Crippen molar-refractivity contribution < 1.29 is 28.6 Å². The lowest BCUT2D eigenvalue weighted by Crippen LogP contribution is -2.30. The van der Waals surface area contributed by atoms with Crippen molar-refractivity contribution in [3.63, 3.8) is 0 Å². The molecule has 0 unspecified atom stereocenters. The van der Waals surface area contributed by atoms with Crippen LogP contribution in [0.2, 0.25) is 0 Å². The van der Waals surface area contributed by atoms with Gasteiger partial charge in [0, 0.05) is 19.3 Å². The van der Waals surface area contributed by atoms with Crippen molar-refractivity contribution in [1.82, 2.24) is 0 Å². The van der Waals surface area contributed by atoms with Gasteiger partial charge in [0.2, 0.25) is 0 Å². The van der Waals surface area contributed by atoms with E-state index in [-0.39, 0.29) is 31.1 Å². The summed E-state index contributed by atoms with van der Waals surface area (Å²) in [6, 6.07) is 0. The summed E-state index contributed by atoms with van der Waals surface area (Å²) < 4.78 is 16.6. The van der Waals surface area contributed by atoms with E-state index in [2.05, 4.69) is 27.7 Å². The molecule has 6 heteroatoms. The van der Waals surface area contributed by atoms with Gasteiger partial charge in [-0.2, -0.15) is 0 Å². The van der Waals surface area contributed by atoms with Crippen LogP contribution in [-0.4, -0.2) is 37.2 Å². The van der Waals surface area contributed by atoms with Crippen LogP contribution < -0.4 is 0 Å². The van der Waals surface area contributed by atoms with Crippen LogP contribution in [0.4, 0.5) is 0 Å². The molecule has 0 radical (unpaired) electrons. The summed E-state index contributed by atoms with van der Waals surface area (Å²) in [5, 5.41) is 0. The fourth-order valence-corrected chi connectivity index (χ4v) is 6.80. The van der Waals surface area contributed by atoms with Gasteiger partial charge in [-0.3, -0.25) is 14.4 Å². The van der Waals surface area contributed by atoms with Gasteiger partial charge >= 0.3 is 17.9 Å². The summed E-state index contributed by atoms with van der Waals surface area (Å²) in [4.78, 5) is 37.5. The average Bonchev–Trinajstić information content (AvgIpc) is 3.12. The SMILES string of the molecule is CCCCCCCCCCCCCCCC(=O)OC[C@@H](COC(=O)CCCCCCC)OC(=O)CCCCCCCCCCCCCCCC(C)C. The first-order valence-electron chi connectivity index (χ1n) is 22.9. The van der Waals surface area contributed by atoms with E-state index in [1.54, 1.807) is 0 Å². The number of carbonyl (C=O) groups is 3. The van der Waals surface area contributed by atoms with Crippen LogP contribution >= 0.6 is 0 Å². The number of rotatable bonds is 41. The molecular weight excluding hydrogens is 648 g/mol. The minimum absolute atomic E-state index is 0.0646. The Morgan fingerprint density at radius 2 is 0.635 bits per heavy atom. The van der Waals surface area contributed by atoms with Crippen LogP contribution in [0.1, 0.15) is 252 Å². The van der Waals surface area contributed by atoms with Crippen molar-refractivity contribution in [3.05, 3.63) is 0 Å². The molecule has 0 amide bonds. The predicted molar refractivity (Wildman–Crippen MR) is 220 cm³/mol. The Kier molecular flexibility index (Phi) is 39.4. The molecule has 0 aliphatic carbocycles. The van der Waals surface area contributed by atoms with Crippen molar-refractivity contribution in [2.24, 2.45) is 5.92 Å². The fraction of sp³-hybridized carbons (Fsp3) is 0.935. The van der Waals surface area contributed by atoms with Crippen molar-refractivity contribution >= 4 is 17.9 Å². The number of carbonyl (C=O) groups excluding carboxylic acids is 3. The molecule has 0 aliphatic heterocycles. The highest BCUT2D eigenvalue weighted by atomic mass is 16.6. The van der Waals surface area contributed by atoms with E-state index in [0.29, 0.717) is 19.3 Å². The van der Waals surface area contributed by atoms with E-state index in [4.69, 9.17) is 14.2 Å². The lowest BCUT2D eigenvalue weighted by Gasteiger charge is -2.18. The van der Waals surface area contributed by atoms with Crippen LogP contribution in [0.15, 0.2) is 0 Å². The van der Waals surface area contributed by atoms with E-state index >= 15 is 0 Å². The third-order valence-electron chi connectivity index (χ3n) is 10.3. The van der Waals surface area contributed by atoms with Gasteiger partial charge in [-0.05, 0) is 25.2 Å². The Hall–Kier alpha value is -1.59. The van der Waals surface area contributed by atoms with Gasteiger partial charge in [0.25, 0.3) is 0 Å². The van der Waals surface area contributed by atoms with Crippen molar-refractivity contribution in [1.29, 1.82) is 0 Å². The lowest BCUT2D eigenvalue weighted by atomic mass is 10.0. The second-order valence-corrected chi connectivity index (χ2v) is 16.2. The quantitative estimate of drug-likeness (QED) is 0.0353. The third kappa shape index (κ3) is 39.6. The molecule has 0 rings (SSSR count). The topological polar surface area (TPSA) is 78.9 Å². The first-order valence-corrected chi connectivity index (χ1v) is 22.9. The van der Waals surface area contributed by atoms with Crippen LogP contribution in [0.5, 0.6) is 0 Å². The summed E-state index contributed by atoms with van der Waals surface area (Å²) in [7, 11) is 0. The molecule has 0 saturated heterocycles. The molecule has 0 spiro atoms. The summed E-state index contributed by atoms with van der Waals surface area (Å²) >= 11 is 0. The molecule has 0 aliphatic rings. The van der Waals surface area contributed by atoms with Crippen molar-refractivity contribution in [3.8, 4) is 0 Å². The Balaban J connectivity index is 4.17. The molecule has 0 aromatic rings. The van der Waals surface area contributed by atoms with Gasteiger partial charge in [-0.15, -0.1) is 0 Å². The average molecular weight is 737 g/mol. The molecule has 0 aromatic heterocycles. The van der Waals surface area contributed by atoms with E-state index in [1.165, 1.54) is 141 Å². The van der Waals surface area contributed by atoms with Gasteiger partial charge in [0.15, 0.2) is 6.10 Å². The zero-order chi connectivity index (χ0) is 38.2. The molecule has 308 valence electrons. The van der Waals surface area contributed by atoms with Gasteiger partial charge in [0.1, 0.15) is 13.2 Å². The Morgan fingerprint density at radius 3 is 0.942 bits per heavy atom. The number of hydrogen-bond acceptors (Lipinski definition) is 6. The molecule has 0 saturated carbocycles. The normalized spacial score (nSPS) is 11.9. The Labute approximate surface area is 323 Å². The summed E-state index contributed by atoms with van der Waals surface area (Å²) in [5.74, 6) is -0.0287. The molecule has 0 bridgehead atoms. The zero-order valence-corrected chi connectivity index (χ0v) is 35.3. The van der Waals surface area contributed by atoms with Gasteiger partial charge in [0.05, 0.1) is 0 Å². The van der Waals surface area contributed by atoms with E-state index in [9.17, 15) is 14.4 Å². The number of esters is 3. The smallest absolute Gasteiger partial charge is 0.306 e. The van der Waals surface area contributed by atoms with Crippen LogP contribution in [0, 0.1) is 5.92 Å². The lowest BCUT2D eigenvalue weighted by molar-refractivity contribution is -0.167. The fourth-order valence-electron chi connectivity index (χ4n) is 6.80. The predicted octanol–water partition coefficient (Wildman–Crippen LogP) is 14.3. The largest absolute Gasteiger partial charge is 0.462 e. The second kappa shape index (κ2) is 40.6. The Morgan fingerprint density at radius 1 is 0.365 bits per heavy atom. The number of unbranched alkanes of at least 4 members (excludes halogenated alkanes) is 28. The maximum absolute atomic E-state index is 12.7. The standard InChI is InChI=1S/C46H88O6/c1-5-7-9-11-12-13-14-16-20-23-26-30-34-38-45(48)51-41-43(40-50-44(47)37-33-28-10-8-6-2)52-46(49)39-35-31-27-24-21-18-15-17-19-22-25-29-32-36-42(3)4/h42-43H,5-41H2,1-4H3/t43-/m1/s1. The number of ether oxygens (including phenoxy) is 3. The van der Waals surface area contributed by atoms with Gasteiger partial charge < -0.3 is 14.2 Å². The van der Waals surface area contributed by atoms with E-state index < -0.39 is 6.10 Å². The minimum Gasteiger partial charge on any atom is -0.462 e. The molecule has 0 aromatic carbocycles. The van der Waals surface area contributed by atoms with Crippen LogP contribution in [0.25, 0.3) is 0 Å². The highest BCUT2D eigenvalue weighted by Crippen LogP contribution is 2.16. The highest BCUT2D eigenvalue weighted by molar-refractivity contribution is 5.71. The second-order valence-electron chi connectivity index (χ2n) is 16.2. The van der Waals surface area contributed by atoms with Gasteiger partial charge in [-0.25, -0.2) is 0 Å². The summed E-state index contributed by atoms with van der Waals surface area (Å²) in [6.07, 6.45) is 39.7. The Bertz CT molecular complexity index is 781. The maximum atomic E-state index is 12.7. The molecular formula is C46H88O6. The van der Waals surface area contributed by atoms with Crippen molar-refractivity contribution in [2.75, 3.05) is 13.2 Å². The molecule has 0 heterocycles. The molecule has 0 N–H and O–H groups in total. The summed E-state index contributed by atoms with van der Waals surface area (Å²) in [6.45, 7) is 8.93. The van der Waals surface area contributed by atoms with Crippen molar-refractivity contribution in [2.45, 2.75) is 259 Å². The molecule has 52 heavy (non-hydrogen) atoms. The van der Waals surface area contributed by atoms with Crippen LogP contribution in [-0.2, 0) is 28.6 Å². The molecule has 6 nitrogen and oxygen atoms in total. The molecule has 1 atom stereocenters. The highest BCUT2D eigenvalue weighted by Gasteiger charge is 2.19. The van der Waals surface area contributed by atoms with Gasteiger partial charge in [-0.1, -0.05) is 214 Å².